The molecular weight excluding hydrogens is 341 g/mol. The molecule has 0 aromatic heterocycles. The number of carbonyl (C=O) groups excluding carboxylic acids is 1. The Morgan fingerprint density at radius 3 is 1.96 bits per heavy atom. The monoisotopic (exact) mass is 357 g/mol. The van der Waals surface area contributed by atoms with Crippen molar-refractivity contribution in [3.05, 3.63) is 70.5 Å². The largest absolute Gasteiger partial charge is 0.345 e. The van der Waals surface area contributed by atoms with Crippen LogP contribution in [0, 0.1) is 29.1 Å². The molecule has 0 aliphatic heterocycles. The summed E-state index contributed by atoms with van der Waals surface area (Å²) in [5, 5.41) is 2.37. The van der Waals surface area contributed by atoms with E-state index in [1.54, 1.807) is 30.3 Å². The number of amides is 1. The van der Waals surface area contributed by atoms with Crippen molar-refractivity contribution in [2.24, 2.45) is 0 Å². The molecule has 2 aromatic carbocycles. The molecule has 7 heteroatoms. The van der Waals surface area contributed by atoms with Crippen LogP contribution in [0.2, 0.25) is 0 Å². The fourth-order valence-electron chi connectivity index (χ4n) is 2.45. The number of rotatable bonds is 6. The van der Waals surface area contributed by atoms with E-state index in [2.05, 4.69) is 5.32 Å². The third-order valence-electron chi connectivity index (χ3n) is 3.79. The molecule has 2 nitrogen and oxygen atoms in total. The van der Waals surface area contributed by atoms with Gasteiger partial charge in [0.25, 0.3) is 5.91 Å². The molecule has 134 valence electrons. The lowest BCUT2D eigenvalue weighted by Crippen LogP contribution is -2.31. The van der Waals surface area contributed by atoms with Crippen LogP contribution in [0.1, 0.15) is 48.1 Å². The summed E-state index contributed by atoms with van der Waals surface area (Å²) in [7, 11) is 0. The summed E-state index contributed by atoms with van der Waals surface area (Å²) in [5.41, 5.74) is -0.804. The Bertz CT molecular complexity index is 735. The Morgan fingerprint density at radius 1 is 0.920 bits per heavy atom. The summed E-state index contributed by atoms with van der Waals surface area (Å²) in [6.07, 6.45) is 1.97. The molecule has 0 saturated heterocycles. The molecule has 0 unspecified atom stereocenters. The zero-order chi connectivity index (χ0) is 18.6. The predicted molar refractivity (Wildman–Crippen MR) is 82.4 cm³/mol. The third kappa shape index (κ3) is 3.97. The van der Waals surface area contributed by atoms with Crippen molar-refractivity contribution >= 4 is 5.91 Å². The SMILES string of the molecule is CCCC[C@H](NC(=O)c1c(F)c(F)c(F)c(F)c1F)c1ccccc1. The Balaban J connectivity index is 2.36. The van der Waals surface area contributed by atoms with Crippen molar-refractivity contribution in [2.75, 3.05) is 0 Å². The highest BCUT2D eigenvalue weighted by molar-refractivity contribution is 5.95. The van der Waals surface area contributed by atoms with Crippen molar-refractivity contribution in [1.82, 2.24) is 5.32 Å². The van der Waals surface area contributed by atoms with Gasteiger partial charge in [0.05, 0.1) is 6.04 Å². The normalized spacial score (nSPS) is 12.1. The Kier molecular flexibility index (Phi) is 6.12. The standard InChI is InChI=1S/C18H16F5NO/c1-2-3-9-11(10-7-5-4-6-8-10)24-18(25)12-13(19)15(21)17(23)16(22)14(12)20/h4-8,11H,2-3,9H2,1H3,(H,24,25)/t11-/m0/s1. The van der Waals surface area contributed by atoms with E-state index < -0.39 is 46.6 Å². The maximum absolute atomic E-state index is 13.8. The topological polar surface area (TPSA) is 29.1 Å². The van der Waals surface area contributed by atoms with Gasteiger partial charge >= 0.3 is 0 Å². The fraction of sp³-hybridized carbons (Fsp3) is 0.278. The second kappa shape index (κ2) is 8.09. The van der Waals surface area contributed by atoms with E-state index in [-0.39, 0.29) is 0 Å². The summed E-state index contributed by atoms with van der Waals surface area (Å²) < 4.78 is 67.2. The van der Waals surface area contributed by atoms with Gasteiger partial charge in [-0.3, -0.25) is 4.79 Å². The van der Waals surface area contributed by atoms with Gasteiger partial charge in [-0.25, -0.2) is 22.0 Å². The lowest BCUT2D eigenvalue weighted by molar-refractivity contribution is 0.0922. The molecule has 0 spiro atoms. The number of unbranched alkanes of at least 4 members (excludes halogenated alkanes) is 1. The number of carbonyl (C=O) groups is 1. The minimum absolute atomic E-state index is 0.460. The van der Waals surface area contributed by atoms with E-state index in [1.807, 2.05) is 6.92 Å². The zero-order valence-corrected chi connectivity index (χ0v) is 13.4. The fourth-order valence-corrected chi connectivity index (χ4v) is 2.45. The van der Waals surface area contributed by atoms with Gasteiger partial charge in [0, 0.05) is 0 Å². The first-order chi connectivity index (χ1) is 11.9. The molecule has 1 atom stereocenters. The molecule has 1 N–H and O–H groups in total. The average Bonchev–Trinajstić information content (AvgIpc) is 2.62. The zero-order valence-electron chi connectivity index (χ0n) is 13.4. The summed E-state index contributed by atoms with van der Waals surface area (Å²) in [6.45, 7) is 1.92. The van der Waals surface area contributed by atoms with E-state index in [0.29, 0.717) is 18.4 Å². The summed E-state index contributed by atoms with van der Waals surface area (Å²) in [4.78, 5) is 12.2. The van der Waals surface area contributed by atoms with Gasteiger partial charge in [0.15, 0.2) is 23.3 Å². The molecule has 25 heavy (non-hydrogen) atoms. The molecule has 0 saturated carbocycles. The minimum atomic E-state index is -2.29. The number of halogens is 5. The van der Waals surface area contributed by atoms with Crippen molar-refractivity contribution in [3.63, 3.8) is 0 Å². The van der Waals surface area contributed by atoms with Crippen LogP contribution in [0.4, 0.5) is 22.0 Å². The minimum Gasteiger partial charge on any atom is -0.345 e. The molecule has 1 amide bonds. The smallest absolute Gasteiger partial charge is 0.257 e. The van der Waals surface area contributed by atoms with Gasteiger partial charge in [0.1, 0.15) is 5.56 Å². The first-order valence-corrected chi connectivity index (χ1v) is 7.75. The van der Waals surface area contributed by atoms with E-state index in [9.17, 15) is 26.7 Å². The van der Waals surface area contributed by atoms with E-state index in [0.717, 1.165) is 6.42 Å². The summed E-state index contributed by atoms with van der Waals surface area (Å²) in [5.74, 6) is -12.2. The van der Waals surface area contributed by atoms with E-state index in [1.165, 1.54) is 0 Å². The molecule has 0 aliphatic rings. The molecule has 0 aliphatic carbocycles. The van der Waals surface area contributed by atoms with E-state index in [4.69, 9.17) is 0 Å². The highest BCUT2D eigenvalue weighted by Crippen LogP contribution is 2.25. The quantitative estimate of drug-likeness (QED) is 0.438. The summed E-state index contributed by atoms with van der Waals surface area (Å²) >= 11 is 0. The van der Waals surface area contributed by atoms with Crippen molar-refractivity contribution in [3.8, 4) is 0 Å². The van der Waals surface area contributed by atoms with Gasteiger partial charge in [-0.15, -0.1) is 0 Å². The van der Waals surface area contributed by atoms with Crippen LogP contribution in [-0.4, -0.2) is 5.91 Å². The van der Waals surface area contributed by atoms with Gasteiger partial charge in [-0.2, -0.15) is 0 Å². The van der Waals surface area contributed by atoms with Crippen LogP contribution in [0.15, 0.2) is 30.3 Å². The molecule has 2 rings (SSSR count). The highest BCUT2D eigenvalue weighted by Gasteiger charge is 2.30. The van der Waals surface area contributed by atoms with Crippen LogP contribution in [0.5, 0.6) is 0 Å². The van der Waals surface area contributed by atoms with Crippen molar-refractivity contribution in [2.45, 2.75) is 32.2 Å². The number of hydrogen-bond donors (Lipinski definition) is 1. The lowest BCUT2D eigenvalue weighted by Gasteiger charge is -2.19. The van der Waals surface area contributed by atoms with Gasteiger partial charge in [-0.1, -0.05) is 50.1 Å². The molecule has 2 aromatic rings. The van der Waals surface area contributed by atoms with Crippen molar-refractivity contribution < 1.29 is 26.7 Å². The second-order valence-corrected chi connectivity index (χ2v) is 5.52. The van der Waals surface area contributed by atoms with Crippen LogP contribution in [0.3, 0.4) is 0 Å². The van der Waals surface area contributed by atoms with E-state index >= 15 is 0 Å². The Morgan fingerprint density at radius 2 is 1.44 bits per heavy atom. The molecule has 0 radical (unpaired) electrons. The van der Waals surface area contributed by atoms with Crippen molar-refractivity contribution in [1.29, 1.82) is 0 Å². The second-order valence-electron chi connectivity index (χ2n) is 5.52. The number of nitrogens with one attached hydrogen (secondary N) is 1. The molecule has 0 bridgehead atoms. The molecular formula is C18H16F5NO. The Labute approximate surface area is 141 Å². The molecule has 0 heterocycles. The predicted octanol–water partition coefficient (Wildman–Crippen LogP) is 5.04. The van der Waals surface area contributed by atoms with Gasteiger partial charge < -0.3 is 5.32 Å². The maximum Gasteiger partial charge on any atom is 0.257 e. The maximum atomic E-state index is 13.8. The van der Waals surface area contributed by atoms with Crippen LogP contribution in [0.25, 0.3) is 0 Å². The number of benzene rings is 2. The number of hydrogen-bond acceptors (Lipinski definition) is 1. The first-order valence-electron chi connectivity index (χ1n) is 7.75. The summed E-state index contributed by atoms with van der Waals surface area (Å²) in [6, 6.07) is 8.01. The third-order valence-corrected chi connectivity index (χ3v) is 3.79. The van der Waals surface area contributed by atoms with Gasteiger partial charge in [-0.05, 0) is 12.0 Å². The lowest BCUT2D eigenvalue weighted by atomic mass is 10.0. The van der Waals surface area contributed by atoms with Crippen LogP contribution >= 0.6 is 0 Å². The first kappa shape index (κ1) is 18.9. The average molecular weight is 357 g/mol. The van der Waals surface area contributed by atoms with Crippen LogP contribution in [-0.2, 0) is 0 Å². The van der Waals surface area contributed by atoms with Crippen LogP contribution < -0.4 is 5.32 Å². The van der Waals surface area contributed by atoms with Gasteiger partial charge in [0.2, 0.25) is 5.82 Å². The molecule has 0 fully saturated rings. The highest BCUT2D eigenvalue weighted by atomic mass is 19.2. The Hall–Kier alpha value is -2.44.